The van der Waals surface area contributed by atoms with E-state index < -0.39 is 0 Å². The first kappa shape index (κ1) is 11.2. The smallest absolute Gasteiger partial charge is 0.0688 e. The molecule has 0 aromatic heterocycles. The molecular formula is C11H13ClO2. The summed E-state index contributed by atoms with van der Waals surface area (Å²) >= 11 is 5.78. The van der Waals surface area contributed by atoms with Gasteiger partial charge in [0.05, 0.1) is 6.61 Å². The van der Waals surface area contributed by atoms with Gasteiger partial charge in [-0.25, -0.2) is 0 Å². The van der Waals surface area contributed by atoms with E-state index in [2.05, 4.69) is 0 Å². The Morgan fingerprint density at radius 1 is 1.29 bits per heavy atom. The van der Waals surface area contributed by atoms with E-state index in [9.17, 15) is 0 Å². The molecule has 76 valence electrons. The lowest BCUT2D eigenvalue weighted by molar-refractivity contribution is 0.281. The SMILES string of the molecule is OCCC=Cc1ccc(Cl)cc1CO. The molecule has 0 aliphatic carbocycles. The molecule has 1 rings (SSSR count). The van der Waals surface area contributed by atoms with Crippen molar-refractivity contribution in [3.63, 3.8) is 0 Å². The van der Waals surface area contributed by atoms with E-state index in [0.717, 1.165) is 11.1 Å². The molecule has 0 bridgehead atoms. The van der Waals surface area contributed by atoms with Crippen molar-refractivity contribution < 1.29 is 10.2 Å². The summed E-state index contributed by atoms with van der Waals surface area (Å²) in [7, 11) is 0. The molecule has 0 radical (unpaired) electrons. The average molecular weight is 213 g/mol. The minimum absolute atomic E-state index is 0.0284. The molecule has 0 atom stereocenters. The number of rotatable bonds is 4. The fourth-order valence-corrected chi connectivity index (χ4v) is 1.35. The number of hydrogen-bond acceptors (Lipinski definition) is 2. The summed E-state index contributed by atoms with van der Waals surface area (Å²) in [6.45, 7) is 0.109. The number of aliphatic hydroxyl groups is 2. The van der Waals surface area contributed by atoms with E-state index in [-0.39, 0.29) is 13.2 Å². The molecule has 1 aromatic carbocycles. The zero-order chi connectivity index (χ0) is 10.4. The molecule has 14 heavy (non-hydrogen) atoms. The van der Waals surface area contributed by atoms with Gasteiger partial charge in [0.15, 0.2) is 0 Å². The summed E-state index contributed by atoms with van der Waals surface area (Å²) in [6.07, 6.45) is 4.36. The normalized spacial score (nSPS) is 11.1. The van der Waals surface area contributed by atoms with Crippen molar-refractivity contribution in [2.24, 2.45) is 0 Å². The molecule has 2 nitrogen and oxygen atoms in total. The molecule has 0 heterocycles. The summed E-state index contributed by atoms with van der Waals surface area (Å²) in [5.41, 5.74) is 1.73. The van der Waals surface area contributed by atoms with Crippen molar-refractivity contribution in [3.05, 3.63) is 40.4 Å². The van der Waals surface area contributed by atoms with Crippen LogP contribution in [0.1, 0.15) is 17.5 Å². The van der Waals surface area contributed by atoms with Crippen molar-refractivity contribution in [2.75, 3.05) is 6.61 Å². The summed E-state index contributed by atoms with van der Waals surface area (Å²) in [4.78, 5) is 0. The second-order valence-electron chi connectivity index (χ2n) is 2.92. The van der Waals surface area contributed by atoms with Gasteiger partial charge >= 0.3 is 0 Å². The van der Waals surface area contributed by atoms with Crippen LogP contribution in [0, 0.1) is 0 Å². The Bertz CT molecular complexity index is 321. The molecule has 0 spiro atoms. The predicted octanol–water partition coefficient (Wildman–Crippen LogP) is 2.23. The predicted molar refractivity (Wildman–Crippen MR) is 58.1 cm³/mol. The molecule has 3 heteroatoms. The van der Waals surface area contributed by atoms with Crippen LogP contribution >= 0.6 is 11.6 Å². The average Bonchev–Trinajstić information content (AvgIpc) is 2.20. The Morgan fingerprint density at radius 3 is 2.71 bits per heavy atom. The third-order valence-electron chi connectivity index (χ3n) is 1.87. The second-order valence-corrected chi connectivity index (χ2v) is 3.35. The standard InChI is InChI=1S/C11H13ClO2/c12-11-5-4-9(3-1-2-6-13)10(7-11)8-14/h1,3-5,7,13-14H,2,6,8H2. The number of halogens is 1. The molecule has 0 fully saturated rings. The number of hydrogen-bond donors (Lipinski definition) is 2. The lowest BCUT2D eigenvalue weighted by Crippen LogP contribution is -1.88. The Kier molecular flexibility index (Phi) is 4.66. The Hall–Kier alpha value is -0.830. The highest BCUT2D eigenvalue weighted by Gasteiger charge is 1.98. The minimum Gasteiger partial charge on any atom is -0.396 e. The van der Waals surface area contributed by atoms with Crippen LogP contribution < -0.4 is 0 Å². The zero-order valence-corrected chi connectivity index (χ0v) is 8.54. The maximum atomic E-state index is 9.06. The second kappa shape index (κ2) is 5.81. The summed E-state index contributed by atoms with van der Waals surface area (Å²) in [6, 6.07) is 5.36. The van der Waals surface area contributed by atoms with Gasteiger partial charge in [-0.15, -0.1) is 0 Å². The van der Waals surface area contributed by atoms with Gasteiger partial charge < -0.3 is 10.2 Å². The molecule has 0 unspecified atom stereocenters. The zero-order valence-electron chi connectivity index (χ0n) is 7.78. The molecule has 0 saturated heterocycles. The van der Waals surface area contributed by atoms with E-state index in [1.54, 1.807) is 12.1 Å². The molecule has 0 aliphatic rings. The first-order valence-corrected chi connectivity index (χ1v) is 4.82. The van der Waals surface area contributed by atoms with Gasteiger partial charge in [0.2, 0.25) is 0 Å². The molecule has 1 aromatic rings. The lowest BCUT2D eigenvalue weighted by Gasteiger charge is -2.02. The molecule has 0 amide bonds. The molecule has 2 N–H and O–H groups in total. The van der Waals surface area contributed by atoms with Crippen molar-refractivity contribution in [1.82, 2.24) is 0 Å². The van der Waals surface area contributed by atoms with Crippen LogP contribution in [-0.2, 0) is 6.61 Å². The van der Waals surface area contributed by atoms with Gasteiger partial charge in [-0.3, -0.25) is 0 Å². The van der Waals surface area contributed by atoms with Gasteiger partial charge in [0.1, 0.15) is 0 Å². The summed E-state index contributed by atoms with van der Waals surface area (Å²) in [5.74, 6) is 0. The van der Waals surface area contributed by atoms with Crippen molar-refractivity contribution in [1.29, 1.82) is 0 Å². The summed E-state index contributed by atoms with van der Waals surface area (Å²) < 4.78 is 0. The van der Waals surface area contributed by atoms with Crippen molar-refractivity contribution >= 4 is 17.7 Å². The van der Waals surface area contributed by atoms with Crippen LogP contribution in [0.25, 0.3) is 6.08 Å². The maximum absolute atomic E-state index is 9.06. The van der Waals surface area contributed by atoms with E-state index >= 15 is 0 Å². The fourth-order valence-electron chi connectivity index (χ4n) is 1.16. The van der Waals surface area contributed by atoms with Crippen LogP contribution in [0.4, 0.5) is 0 Å². The van der Waals surface area contributed by atoms with E-state index in [0.29, 0.717) is 11.4 Å². The summed E-state index contributed by atoms with van der Waals surface area (Å²) in [5, 5.41) is 18.3. The van der Waals surface area contributed by atoms with E-state index in [4.69, 9.17) is 21.8 Å². The Balaban J connectivity index is 2.85. The van der Waals surface area contributed by atoms with Gasteiger partial charge in [0, 0.05) is 11.6 Å². The highest BCUT2D eigenvalue weighted by Crippen LogP contribution is 2.17. The van der Waals surface area contributed by atoms with Gasteiger partial charge in [-0.05, 0) is 29.7 Å². The lowest BCUT2D eigenvalue weighted by atomic mass is 10.1. The Morgan fingerprint density at radius 2 is 2.07 bits per heavy atom. The van der Waals surface area contributed by atoms with Gasteiger partial charge in [-0.2, -0.15) is 0 Å². The number of aliphatic hydroxyl groups excluding tert-OH is 2. The van der Waals surface area contributed by atoms with Crippen LogP contribution in [0.15, 0.2) is 24.3 Å². The fraction of sp³-hybridized carbons (Fsp3) is 0.273. The quantitative estimate of drug-likeness (QED) is 0.804. The highest BCUT2D eigenvalue weighted by atomic mass is 35.5. The van der Waals surface area contributed by atoms with Crippen LogP contribution in [0.5, 0.6) is 0 Å². The van der Waals surface area contributed by atoms with E-state index in [1.165, 1.54) is 0 Å². The third kappa shape index (κ3) is 3.14. The largest absolute Gasteiger partial charge is 0.396 e. The van der Waals surface area contributed by atoms with Gasteiger partial charge in [-0.1, -0.05) is 29.8 Å². The third-order valence-corrected chi connectivity index (χ3v) is 2.10. The first-order valence-electron chi connectivity index (χ1n) is 4.44. The maximum Gasteiger partial charge on any atom is 0.0688 e. The minimum atomic E-state index is -0.0284. The van der Waals surface area contributed by atoms with Crippen LogP contribution in [-0.4, -0.2) is 16.8 Å². The number of benzene rings is 1. The van der Waals surface area contributed by atoms with Crippen LogP contribution in [0.2, 0.25) is 5.02 Å². The Labute approximate surface area is 88.5 Å². The van der Waals surface area contributed by atoms with Gasteiger partial charge in [0.25, 0.3) is 0 Å². The molecule has 0 saturated carbocycles. The van der Waals surface area contributed by atoms with E-state index in [1.807, 2.05) is 18.2 Å². The molecule has 0 aliphatic heterocycles. The van der Waals surface area contributed by atoms with Crippen molar-refractivity contribution in [3.8, 4) is 0 Å². The topological polar surface area (TPSA) is 40.5 Å². The van der Waals surface area contributed by atoms with Crippen LogP contribution in [0.3, 0.4) is 0 Å². The molecular weight excluding hydrogens is 200 g/mol. The monoisotopic (exact) mass is 212 g/mol. The van der Waals surface area contributed by atoms with Crippen molar-refractivity contribution in [2.45, 2.75) is 13.0 Å². The first-order chi connectivity index (χ1) is 6.77. The highest BCUT2D eigenvalue weighted by molar-refractivity contribution is 6.30.